The van der Waals surface area contributed by atoms with E-state index in [-0.39, 0.29) is 17.2 Å². The van der Waals surface area contributed by atoms with E-state index in [1.54, 1.807) is 11.3 Å². The molecule has 2 aromatic carbocycles. The third-order valence-electron chi connectivity index (χ3n) is 6.45. The first-order valence-electron chi connectivity index (χ1n) is 11.4. The third-order valence-corrected chi connectivity index (χ3v) is 7.62. The number of carbonyl (C=O) groups excluding carboxylic acids is 1. The first-order valence-corrected chi connectivity index (χ1v) is 12.2. The molecule has 0 unspecified atom stereocenters. The van der Waals surface area contributed by atoms with E-state index < -0.39 is 0 Å². The highest BCUT2D eigenvalue weighted by molar-refractivity contribution is 7.17. The second-order valence-electron chi connectivity index (χ2n) is 9.91. The minimum Gasteiger partial charge on any atom is -0.377 e. The number of benzene rings is 2. The lowest BCUT2D eigenvalue weighted by atomic mass is 9.78. The molecule has 1 atom stereocenters. The number of aryl methyl sites for hydroxylation is 1. The number of ketones is 1. The van der Waals surface area contributed by atoms with Gasteiger partial charge in [0.15, 0.2) is 10.9 Å². The summed E-state index contributed by atoms with van der Waals surface area (Å²) >= 11 is 1.58. The van der Waals surface area contributed by atoms with E-state index in [9.17, 15) is 4.79 Å². The van der Waals surface area contributed by atoms with Gasteiger partial charge in [0.1, 0.15) is 0 Å². The Morgan fingerprint density at radius 1 is 1.12 bits per heavy atom. The Morgan fingerprint density at radius 3 is 2.72 bits per heavy atom. The predicted octanol–water partition coefficient (Wildman–Crippen LogP) is 5.72. The Bertz CT molecular complexity index is 1150. The van der Waals surface area contributed by atoms with Crippen molar-refractivity contribution in [3.8, 4) is 11.1 Å². The number of hydrogen-bond acceptors (Lipinski definition) is 5. The minimum absolute atomic E-state index is 0.00390. The number of ether oxygens (including phenoxy) is 1. The van der Waals surface area contributed by atoms with Crippen LogP contribution in [0.5, 0.6) is 0 Å². The molecule has 0 amide bonds. The molecule has 2 aliphatic rings. The van der Waals surface area contributed by atoms with Crippen LogP contribution in [0.25, 0.3) is 11.1 Å². The molecule has 1 aliphatic carbocycles. The van der Waals surface area contributed by atoms with Crippen molar-refractivity contribution in [1.82, 2.24) is 4.98 Å². The van der Waals surface area contributed by atoms with Crippen LogP contribution in [0.4, 0.5) is 5.13 Å². The minimum atomic E-state index is -0.00390. The zero-order valence-electron chi connectivity index (χ0n) is 19.1. The first kappa shape index (κ1) is 21.4. The van der Waals surface area contributed by atoms with Crippen LogP contribution in [0.3, 0.4) is 0 Å². The quantitative estimate of drug-likeness (QED) is 0.514. The molecule has 0 spiro atoms. The fraction of sp³-hybridized carbons (Fsp3) is 0.407. The number of anilines is 1. The van der Waals surface area contributed by atoms with E-state index in [2.05, 4.69) is 74.2 Å². The normalized spacial score (nSPS) is 20.3. The van der Waals surface area contributed by atoms with Gasteiger partial charge in [-0.15, -0.1) is 0 Å². The average Bonchev–Trinajstić information content (AvgIpc) is 3.17. The van der Waals surface area contributed by atoms with E-state index in [0.717, 1.165) is 35.1 Å². The summed E-state index contributed by atoms with van der Waals surface area (Å²) in [6.07, 6.45) is 2.38. The molecule has 2 heterocycles. The Morgan fingerprint density at radius 2 is 1.91 bits per heavy atom. The molecule has 5 rings (SSSR count). The van der Waals surface area contributed by atoms with Gasteiger partial charge in [-0.3, -0.25) is 4.79 Å². The van der Waals surface area contributed by atoms with E-state index in [4.69, 9.17) is 9.72 Å². The molecule has 0 bridgehead atoms. The Balaban J connectivity index is 1.40. The maximum atomic E-state index is 12.7. The molecule has 0 radical (unpaired) electrons. The number of carbonyl (C=O) groups is 1. The number of fused-ring (bicyclic) bond motifs is 1. The second-order valence-corrected chi connectivity index (χ2v) is 10.9. The van der Waals surface area contributed by atoms with Gasteiger partial charge in [0, 0.05) is 13.0 Å². The van der Waals surface area contributed by atoms with E-state index >= 15 is 0 Å². The topological polar surface area (TPSA) is 42.4 Å². The molecule has 1 saturated heterocycles. The van der Waals surface area contributed by atoms with Crippen LogP contribution in [-0.4, -0.2) is 36.6 Å². The highest BCUT2D eigenvalue weighted by atomic mass is 32.1. The van der Waals surface area contributed by atoms with Crippen LogP contribution in [0.1, 0.15) is 46.8 Å². The monoisotopic (exact) mass is 446 g/mol. The third kappa shape index (κ3) is 4.37. The van der Waals surface area contributed by atoms with Crippen molar-refractivity contribution in [3.05, 3.63) is 70.2 Å². The van der Waals surface area contributed by atoms with Crippen molar-refractivity contribution >= 4 is 22.3 Å². The number of rotatable bonds is 4. The lowest BCUT2D eigenvalue weighted by Crippen LogP contribution is -2.46. The summed E-state index contributed by atoms with van der Waals surface area (Å²) in [6, 6.07) is 17.7. The molecule has 32 heavy (non-hydrogen) atoms. The molecule has 4 nitrogen and oxygen atoms in total. The van der Waals surface area contributed by atoms with E-state index in [1.807, 2.05) is 0 Å². The van der Waals surface area contributed by atoms with Gasteiger partial charge >= 0.3 is 0 Å². The number of aromatic nitrogens is 1. The van der Waals surface area contributed by atoms with Crippen molar-refractivity contribution in [1.29, 1.82) is 0 Å². The molecule has 0 saturated carbocycles. The van der Waals surface area contributed by atoms with Gasteiger partial charge in [-0.05, 0) is 41.9 Å². The molecule has 0 N–H and O–H groups in total. The predicted molar refractivity (Wildman–Crippen MR) is 131 cm³/mol. The van der Waals surface area contributed by atoms with Crippen molar-refractivity contribution in [3.63, 3.8) is 0 Å². The summed E-state index contributed by atoms with van der Waals surface area (Å²) in [7, 11) is 0. The molecule has 5 heteroatoms. The lowest BCUT2D eigenvalue weighted by molar-refractivity contribution is 0.0915. The summed E-state index contributed by atoms with van der Waals surface area (Å²) in [5.41, 5.74) is 6.03. The van der Waals surface area contributed by atoms with Gasteiger partial charge in [0.05, 0.1) is 29.8 Å². The molecule has 166 valence electrons. The van der Waals surface area contributed by atoms with Gasteiger partial charge in [-0.2, -0.15) is 0 Å². The fourth-order valence-corrected chi connectivity index (χ4v) is 6.00. The number of morpholine rings is 1. The van der Waals surface area contributed by atoms with Gasteiger partial charge in [0.2, 0.25) is 0 Å². The highest BCUT2D eigenvalue weighted by Crippen LogP contribution is 2.40. The number of hydrogen-bond donors (Lipinski definition) is 0. The van der Waals surface area contributed by atoms with Crippen molar-refractivity contribution < 1.29 is 9.53 Å². The SMILES string of the molecule is Cc1cccc(-c2cccc(C[C@H]3COCCN3c3nc4c(s3)C(=O)CC(C)(C)C4)c2)c1. The van der Waals surface area contributed by atoms with Gasteiger partial charge in [-0.1, -0.05) is 79.3 Å². The summed E-state index contributed by atoms with van der Waals surface area (Å²) in [5, 5.41) is 0.976. The molecule has 1 aromatic heterocycles. The highest BCUT2D eigenvalue weighted by Gasteiger charge is 2.36. The maximum Gasteiger partial charge on any atom is 0.186 e. The Labute approximate surface area is 194 Å². The van der Waals surface area contributed by atoms with Crippen LogP contribution in [0.2, 0.25) is 0 Å². The summed E-state index contributed by atoms with van der Waals surface area (Å²) in [6.45, 7) is 8.63. The van der Waals surface area contributed by atoms with Crippen LogP contribution in [-0.2, 0) is 17.6 Å². The zero-order valence-corrected chi connectivity index (χ0v) is 19.9. The van der Waals surface area contributed by atoms with E-state index in [1.165, 1.54) is 22.3 Å². The number of thiazole rings is 1. The Hall–Kier alpha value is -2.50. The number of Topliss-reactive ketones (excluding diaryl/α,β-unsaturated/α-hetero) is 1. The van der Waals surface area contributed by atoms with Crippen molar-refractivity contribution in [2.24, 2.45) is 5.41 Å². The smallest absolute Gasteiger partial charge is 0.186 e. The standard InChI is InChI=1S/C27H30N2O2S/c1-18-6-4-8-20(12-18)21-9-5-7-19(13-21)14-22-17-31-11-10-29(22)26-28-23-15-27(2,3)16-24(30)25(23)32-26/h4-9,12-13,22H,10-11,14-17H2,1-3H3/t22-/m0/s1. The van der Waals surface area contributed by atoms with Gasteiger partial charge in [-0.25, -0.2) is 4.98 Å². The van der Waals surface area contributed by atoms with Gasteiger partial charge < -0.3 is 9.64 Å². The first-order chi connectivity index (χ1) is 15.4. The zero-order chi connectivity index (χ0) is 22.3. The fourth-order valence-electron chi connectivity index (χ4n) is 4.88. The van der Waals surface area contributed by atoms with Crippen LogP contribution < -0.4 is 4.90 Å². The van der Waals surface area contributed by atoms with Crippen LogP contribution >= 0.6 is 11.3 Å². The van der Waals surface area contributed by atoms with Crippen molar-refractivity contribution in [2.45, 2.75) is 46.1 Å². The lowest BCUT2D eigenvalue weighted by Gasteiger charge is -2.35. The van der Waals surface area contributed by atoms with E-state index in [0.29, 0.717) is 19.6 Å². The molecule has 1 fully saturated rings. The summed E-state index contributed by atoms with van der Waals surface area (Å²) in [5.74, 6) is 0.246. The summed E-state index contributed by atoms with van der Waals surface area (Å²) < 4.78 is 5.86. The maximum absolute atomic E-state index is 12.7. The van der Waals surface area contributed by atoms with Crippen LogP contribution in [0.15, 0.2) is 48.5 Å². The van der Waals surface area contributed by atoms with Gasteiger partial charge in [0.25, 0.3) is 0 Å². The molecular formula is C27H30N2O2S. The molecule has 3 aromatic rings. The molecule has 1 aliphatic heterocycles. The average molecular weight is 447 g/mol. The van der Waals surface area contributed by atoms with Crippen molar-refractivity contribution in [2.75, 3.05) is 24.7 Å². The van der Waals surface area contributed by atoms with Crippen LogP contribution in [0, 0.1) is 12.3 Å². The number of nitrogens with zero attached hydrogens (tertiary/aromatic N) is 2. The Kier molecular flexibility index (Phi) is 5.64. The summed E-state index contributed by atoms with van der Waals surface area (Å²) in [4.78, 5) is 20.9. The second kappa shape index (κ2) is 8.45. The largest absolute Gasteiger partial charge is 0.377 e. The molecular weight excluding hydrogens is 416 g/mol.